The van der Waals surface area contributed by atoms with Crippen LogP contribution in [0.2, 0.25) is 5.02 Å². The van der Waals surface area contributed by atoms with Gasteiger partial charge in [-0.05, 0) is 63.1 Å². The molecule has 11 heteroatoms. The normalized spacial score (nSPS) is 14.7. The van der Waals surface area contributed by atoms with Crippen molar-refractivity contribution in [3.63, 3.8) is 0 Å². The first-order valence-corrected chi connectivity index (χ1v) is 14.3. The lowest BCUT2D eigenvalue weighted by Gasteiger charge is -2.37. The number of carbonyl (C=O) groups excluding carboxylic acids is 1. The molecule has 0 saturated carbocycles. The first-order chi connectivity index (χ1) is 19.0. The van der Waals surface area contributed by atoms with Gasteiger partial charge in [-0.2, -0.15) is 0 Å². The number of hydrogen-bond acceptors (Lipinski definition) is 6. The highest BCUT2D eigenvalue weighted by molar-refractivity contribution is 6.31. The second-order valence-electron chi connectivity index (χ2n) is 10.2. The van der Waals surface area contributed by atoms with E-state index in [1.807, 2.05) is 37.3 Å². The van der Waals surface area contributed by atoms with Crippen LogP contribution < -0.4 is 19.7 Å². The highest BCUT2D eigenvalue weighted by Gasteiger charge is 2.22. The molecule has 2 aliphatic heterocycles. The van der Waals surface area contributed by atoms with Crippen LogP contribution >= 0.6 is 36.4 Å². The maximum atomic E-state index is 13.1. The van der Waals surface area contributed by atoms with Crippen molar-refractivity contribution in [1.29, 1.82) is 0 Å². The predicted molar refractivity (Wildman–Crippen MR) is 170 cm³/mol. The minimum Gasteiger partial charge on any atom is -0.486 e. The van der Waals surface area contributed by atoms with Gasteiger partial charge in [0.15, 0.2) is 11.5 Å². The van der Waals surface area contributed by atoms with Crippen LogP contribution in [0.5, 0.6) is 11.5 Å². The zero-order valence-corrected chi connectivity index (χ0v) is 26.3. The Morgan fingerprint density at radius 2 is 1.76 bits per heavy atom. The predicted octanol–water partition coefficient (Wildman–Crippen LogP) is 5.65. The van der Waals surface area contributed by atoms with Gasteiger partial charge in [0.25, 0.3) is 5.91 Å². The van der Waals surface area contributed by atoms with E-state index in [4.69, 9.17) is 26.1 Å². The molecule has 0 bridgehead atoms. The zero-order chi connectivity index (χ0) is 27.4. The number of amides is 1. The van der Waals surface area contributed by atoms with Crippen molar-refractivity contribution < 1.29 is 14.3 Å². The molecular weight excluding hydrogens is 585 g/mol. The molecule has 2 aromatic carbocycles. The summed E-state index contributed by atoms with van der Waals surface area (Å²) in [4.78, 5) is 22.8. The summed E-state index contributed by atoms with van der Waals surface area (Å²) < 4.78 is 13.5. The lowest BCUT2D eigenvalue weighted by atomic mass is 10.1. The number of ether oxygens (including phenoxy) is 2. The van der Waals surface area contributed by atoms with Gasteiger partial charge in [0, 0.05) is 55.9 Å². The molecule has 2 aliphatic rings. The number of fused-ring (bicyclic) bond motifs is 1. The van der Waals surface area contributed by atoms with Crippen LogP contribution in [0.4, 0.5) is 5.69 Å². The van der Waals surface area contributed by atoms with Gasteiger partial charge in [-0.3, -0.25) is 9.69 Å². The van der Waals surface area contributed by atoms with Gasteiger partial charge in [-0.15, -0.1) is 24.8 Å². The van der Waals surface area contributed by atoms with Crippen molar-refractivity contribution in [2.24, 2.45) is 0 Å². The molecule has 0 aliphatic carbocycles. The first kappa shape index (κ1) is 32.9. The van der Waals surface area contributed by atoms with Crippen LogP contribution in [-0.2, 0) is 6.42 Å². The topological polar surface area (TPSA) is 71.9 Å². The third-order valence-corrected chi connectivity index (χ3v) is 7.95. The minimum absolute atomic E-state index is 0. The van der Waals surface area contributed by atoms with E-state index in [1.165, 1.54) is 5.69 Å². The molecule has 224 valence electrons. The molecule has 0 spiro atoms. The lowest BCUT2D eigenvalue weighted by Crippen LogP contribution is -2.47. The largest absolute Gasteiger partial charge is 0.486 e. The second kappa shape index (κ2) is 15.0. The van der Waals surface area contributed by atoms with Crippen molar-refractivity contribution >= 4 is 48.0 Å². The molecule has 1 fully saturated rings. The molecule has 1 N–H and O–H groups in total. The summed E-state index contributed by atoms with van der Waals surface area (Å²) in [7, 11) is 0. The van der Waals surface area contributed by atoms with Crippen LogP contribution in [0.15, 0.2) is 36.4 Å². The van der Waals surface area contributed by atoms with Gasteiger partial charge < -0.3 is 24.3 Å². The van der Waals surface area contributed by atoms with Crippen molar-refractivity contribution in [3.8, 4) is 17.2 Å². The van der Waals surface area contributed by atoms with Crippen molar-refractivity contribution in [2.75, 3.05) is 57.4 Å². The van der Waals surface area contributed by atoms with E-state index in [0.29, 0.717) is 25.5 Å². The van der Waals surface area contributed by atoms with Gasteiger partial charge in [0.2, 0.25) is 0 Å². The van der Waals surface area contributed by atoms with Gasteiger partial charge in [-0.25, -0.2) is 4.98 Å². The van der Waals surface area contributed by atoms with E-state index in [0.717, 1.165) is 91.3 Å². The number of hydrogen-bond donors (Lipinski definition) is 1. The molecule has 0 radical (unpaired) electrons. The highest BCUT2D eigenvalue weighted by atomic mass is 35.5. The summed E-state index contributed by atoms with van der Waals surface area (Å²) in [5.41, 5.74) is 4.62. The number of benzene rings is 2. The van der Waals surface area contributed by atoms with Crippen LogP contribution in [-0.4, -0.2) is 72.8 Å². The molecule has 5 rings (SSSR count). The molecule has 41 heavy (non-hydrogen) atoms. The Balaban J connectivity index is 0.00000231. The number of halogens is 3. The molecule has 8 nitrogen and oxygen atoms in total. The van der Waals surface area contributed by atoms with Crippen LogP contribution in [0, 0.1) is 13.8 Å². The van der Waals surface area contributed by atoms with E-state index < -0.39 is 0 Å². The van der Waals surface area contributed by atoms with E-state index in [1.54, 1.807) is 0 Å². The number of anilines is 1. The third-order valence-electron chi connectivity index (χ3n) is 7.54. The average molecular weight is 625 g/mol. The molecule has 3 aromatic rings. The molecule has 1 amide bonds. The number of nitrogens with one attached hydrogen (secondary N) is 1. The first-order valence-electron chi connectivity index (χ1n) is 13.9. The van der Waals surface area contributed by atoms with Crippen molar-refractivity contribution in [2.45, 2.75) is 40.0 Å². The van der Waals surface area contributed by atoms with Gasteiger partial charge in [0.05, 0.1) is 11.4 Å². The second-order valence-corrected chi connectivity index (χ2v) is 10.6. The van der Waals surface area contributed by atoms with E-state index >= 15 is 0 Å². The van der Waals surface area contributed by atoms with Gasteiger partial charge in [-0.1, -0.05) is 24.6 Å². The fourth-order valence-electron chi connectivity index (χ4n) is 5.42. The Kier molecular flexibility index (Phi) is 12.0. The molecule has 1 saturated heterocycles. The molecule has 0 unspecified atom stereocenters. The average Bonchev–Trinajstić information content (AvgIpc) is 3.28. The Hall–Kier alpha value is -2.65. The lowest BCUT2D eigenvalue weighted by molar-refractivity contribution is 0.0946. The molecule has 3 heterocycles. The van der Waals surface area contributed by atoms with Crippen molar-refractivity contribution in [3.05, 3.63) is 64.2 Å². The summed E-state index contributed by atoms with van der Waals surface area (Å²) in [6.07, 6.45) is 2.61. The maximum absolute atomic E-state index is 13.1. The maximum Gasteiger partial charge on any atom is 0.271 e. The number of imidazole rings is 1. The number of aryl methyl sites for hydroxylation is 1. The highest BCUT2D eigenvalue weighted by Crippen LogP contribution is 2.33. The smallest absolute Gasteiger partial charge is 0.271 e. The van der Waals surface area contributed by atoms with Crippen molar-refractivity contribution in [1.82, 2.24) is 19.8 Å². The Labute approximate surface area is 260 Å². The summed E-state index contributed by atoms with van der Waals surface area (Å²) >= 11 is 6.32. The number of carbonyl (C=O) groups is 1. The molecule has 0 atom stereocenters. The molecule has 1 aromatic heterocycles. The summed E-state index contributed by atoms with van der Waals surface area (Å²) in [5, 5.41) is 3.92. The fourth-order valence-corrected chi connectivity index (χ4v) is 5.59. The summed E-state index contributed by atoms with van der Waals surface area (Å²) in [6, 6.07) is 12.0. The minimum atomic E-state index is -0.123. The van der Waals surface area contributed by atoms with Crippen LogP contribution in [0.3, 0.4) is 0 Å². The third kappa shape index (κ3) is 7.41. The Morgan fingerprint density at radius 3 is 2.49 bits per heavy atom. The zero-order valence-electron chi connectivity index (χ0n) is 24.0. The fraction of sp³-hybridized carbons (Fsp3) is 0.467. The summed E-state index contributed by atoms with van der Waals surface area (Å²) in [6.45, 7) is 12.8. The Bertz CT molecular complexity index is 1320. The summed E-state index contributed by atoms with van der Waals surface area (Å²) in [5.74, 6) is 2.23. The number of rotatable bonds is 9. The molecular formula is C30H40Cl3N5O3. The SMILES string of the molecule is CCCc1nc(C(=O)NCCCN2CCN(c3cccc(Cl)c3C)CC2)c(C)n1-c1ccc2c(c1)OCCO2.Cl.Cl. The van der Waals surface area contributed by atoms with E-state index in [9.17, 15) is 4.79 Å². The van der Waals surface area contributed by atoms with E-state index in [2.05, 4.69) is 39.6 Å². The number of nitrogens with zero attached hydrogens (tertiary/aromatic N) is 4. The van der Waals surface area contributed by atoms with Crippen LogP contribution in [0.1, 0.15) is 47.3 Å². The van der Waals surface area contributed by atoms with Gasteiger partial charge in [0.1, 0.15) is 24.7 Å². The Morgan fingerprint density at radius 1 is 1.02 bits per heavy atom. The van der Waals surface area contributed by atoms with E-state index in [-0.39, 0.29) is 30.7 Å². The van der Waals surface area contributed by atoms with Crippen LogP contribution in [0.25, 0.3) is 5.69 Å². The number of piperazine rings is 1. The number of aromatic nitrogens is 2. The standard InChI is InChI=1S/C30H38ClN5O3.2ClH/c1-4-7-28-33-29(22(3)36(28)23-10-11-26-27(20-23)39-19-18-38-26)30(37)32-12-6-13-34-14-16-35(17-15-34)25-9-5-8-24(31)21(25)2;;/h5,8-11,20H,4,6-7,12-19H2,1-3H3,(H,32,37);2*1H. The monoisotopic (exact) mass is 623 g/mol. The quantitative estimate of drug-likeness (QED) is 0.310. The van der Waals surface area contributed by atoms with Gasteiger partial charge >= 0.3 is 0 Å².